The first kappa shape index (κ1) is 13.8. The van der Waals surface area contributed by atoms with Gasteiger partial charge in [-0.1, -0.05) is 37.3 Å². The molecule has 17 heavy (non-hydrogen) atoms. The van der Waals surface area contributed by atoms with Crippen LogP contribution in [0, 0.1) is 24.2 Å². The topological polar surface area (TPSA) is 29.5 Å². The molecule has 0 aliphatic heterocycles. The molecule has 0 unspecified atom stereocenters. The predicted molar refractivity (Wildman–Crippen MR) is 69.3 cm³/mol. The second-order valence-electron chi connectivity index (χ2n) is 4.42. The van der Waals surface area contributed by atoms with Gasteiger partial charge in [-0.05, 0) is 12.5 Å². The molecule has 2 heteroatoms. The maximum atomic E-state index is 9.86. The Hall–Kier alpha value is -1.30. The summed E-state index contributed by atoms with van der Waals surface area (Å²) in [6.07, 6.45) is 4.78. The molecule has 0 aromatic heterocycles. The molecule has 3 atom stereocenters. The molecule has 0 aliphatic carbocycles. The van der Waals surface area contributed by atoms with E-state index in [0.29, 0.717) is 13.2 Å². The predicted octanol–water partition coefficient (Wildman–Crippen LogP) is 2.47. The average Bonchev–Trinajstić information content (AvgIpc) is 2.38. The van der Waals surface area contributed by atoms with Crippen molar-refractivity contribution < 1.29 is 9.84 Å². The number of ether oxygens (including phenoxy) is 1. The van der Waals surface area contributed by atoms with Crippen LogP contribution in [-0.2, 0) is 11.3 Å². The van der Waals surface area contributed by atoms with Crippen LogP contribution in [0.1, 0.15) is 19.4 Å². The molecule has 92 valence electrons. The fourth-order valence-electron chi connectivity index (χ4n) is 1.63. The van der Waals surface area contributed by atoms with Crippen LogP contribution in [0.25, 0.3) is 0 Å². The summed E-state index contributed by atoms with van der Waals surface area (Å²) in [5.74, 6) is 2.46. The molecule has 0 radical (unpaired) electrons. The average molecular weight is 232 g/mol. The van der Waals surface area contributed by atoms with Gasteiger partial charge in [-0.3, -0.25) is 0 Å². The monoisotopic (exact) mass is 232 g/mol. The smallest absolute Gasteiger partial charge is 0.0722 e. The molecule has 1 rings (SSSR count). The van der Waals surface area contributed by atoms with E-state index in [9.17, 15) is 5.11 Å². The largest absolute Gasteiger partial charge is 0.391 e. The molecular formula is C15H20O2. The Morgan fingerprint density at radius 1 is 1.29 bits per heavy atom. The van der Waals surface area contributed by atoms with Crippen molar-refractivity contribution in [1.82, 2.24) is 0 Å². The lowest BCUT2D eigenvalue weighted by Crippen LogP contribution is -2.28. The summed E-state index contributed by atoms with van der Waals surface area (Å²) in [5, 5.41) is 9.86. The molecule has 1 N–H and O–H groups in total. The number of aliphatic hydroxyl groups is 1. The molecule has 1 aromatic carbocycles. The third-order valence-corrected chi connectivity index (χ3v) is 2.85. The number of benzene rings is 1. The minimum Gasteiger partial charge on any atom is -0.391 e. The van der Waals surface area contributed by atoms with Gasteiger partial charge in [0.25, 0.3) is 0 Å². The summed E-state index contributed by atoms with van der Waals surface area (Å²) in [6.45, 7) is 4.88. The van der Waals surface area contributed by atoms with Crippen LogP contribution in [-0.4, -0.2) is 17.8 Å². The fourth-order valence-corrected chi connectivity index (χ4v) is 1.63. The maximum Gasteiger partial charge on any atom is 0.0722 e. The highest BCUT2D eigenvalue weighted by Crippen LogP contribution is 2.13. The molecule has 0 saturated carbocycles. The summed E-state index contributed by atoms with van der Waals surface area (Å²) < 4.78 is 5.57. The maximum absolute atomic E-state index is 9.86. The highest BCUT2D eigenvalue weighted by molar-refractivity contribution is 5.13. The van der Waals surface area contributed by atoms with Gasteiger partial charge >= 0.3 is 0 Å². The molecule has 1 aromatic rings. The Morgan fingerprint density at radius 2 is 1.94 bits per heavy atom. The third-order valence-electron chi connectivity index (χ3n) is 2.85. The minimum absolute atomic E-state index is 0.0461. The van der Waals surface area contributed by atoms with E-state index < -0.39 is 6.10 Å². The molecule has 0 bridgehead atoms. The van der Waals surface area contributed by atoms with E-state index in [1.165, 1.54) is 0 Å². The van der Waals surface area contributed by atoms with Crippen molar-refractivity contribution in [2.24, 2.45) is 11.8 Å². The second kappa shape index (κ2) is 7.11. The van der Waals surface area contributed by atoms with Gasteiger partial charge in [0.15, 0.2) is 0 Å². The molecule has 0 fully saturated rings. The third kappa shape index (κ3) is 4.60. The molecule has 0 saturated heterocycles. The van der Waals surface area contributed by atoms with Gasteiger partial charge in [-0.15, -0.1) is 12.3 Å². The summed E-state index contributed by atoms with van der Waals surface area (Å²) in [5.41, 5.74) is 1.14. The molecule has 0 spiro atoms. The Morgan fingerprint density at radius 3 is 2.53 bits per heavy atom. The number of hydrogen-bond donors (Lipinski definition) is 1. The SMILES string of the molecule is C#C[C@H](C)[C@H](O)[C@H](C)COCc1ccccc1. The van der Waals surface area contributed by atoms with Gasteiger partial charge in [0.1, 0.15) is 0 Å². The Balaban J connectivity index is 2.30. The van der Waals surface area contributed by atoms with Crippen LogP contribution in [0.5, 0.6) is 0 Å². The van der Waals surface area contributed by atoms with Gasteiger partial charge in [0, 0.05) is 11.8 Å². The van der Waals surface area contributed by atoms with Crippen LogP contribution in [0.2, 0.25) is 0 Å². The molecule has 0 aliphatic rings. The molecular weight excluding hydrogens is 212 g/mol. The van der Waals surface area contributed by atoms with E-state index in [0.717, 1.165) is 5.56 Å². The lowest BCUT2D eigenvalue weighted by Gasteiger charge is -2.21. The lowest BCUT2D eigenvalue weighted by molar-refractivity contribution is 0.0150. The van der Waals surface area contributed by atoms with E-state index in [4.69, 9.17) is 11.2 Å². The summed E-state index contributed by atoms with van der Waals surface area (Å²) >= 11 is 0. The van der Waals surface area contributed by atoms with E-state index in [2.05, 4.69) is 5.92 Å². The van der Waals surface area contributed by atoms with Crippen molar-refractivity contribution >= 4 is 0 Å². The lowest BCUT2D eigenvalue weighted by atomic mass is 9.95. The fraction of sp³-hybridized carbons (Fsp3) is 0.467. The Labute approximate surface area is 104 Å². The molecule has 0 heterocycles. The van der Waals surface area contributed by atoms with Gasteiger partial charge in [0.2, 0.25) is 0 Å². The zero-order chi connectivity index (χ0) is 12.7. The van der Waals surface area contributed by atoms with Crippen molar-refractivity contribution in [3.05, 3.63) is 35.9 Å². The first-order chi connectivity index (χ1) is 8.15. The van der Waals surface area contributed by atoms with Gasteiger partial charge < -0.3 is 9.84 Å². The normalized spacial score (nSPS) is 15.9. The van der Waals surface area contributed by atoms with Crippen LogP contribution in [0.3, 0.4) is 0 Å². The summed E-state index contributed by atoms with van der Waals surface area (Å²) in [7, 11) is 0. The van der Waals surface area contributed by atoms with Crippen molar-refractivity contribution in [2.45, 2.75) is 26.6 Å². The van der Waals surface area contributed by atoms with Crippen LogP contribution < -0.4 is 0 Å². The minimum atomic E-state index is -0.504. The zero-order valence-corrected chi connectivity index (χ0v) is 10.5. The van der Waals surface area contributed by atoms with Crippen LogP contribution >= 0.6 is 0 Å². The highest BCUT2D eigenvalue weighted by atomic mass is 16.5. The summed E-state index contributed by atoms with van der Waals surface area (Å²) in [4.78, 5) is 0. The van der Waals surface area contributed by atoms with Gasteiger partial charge in [-0.25, -0.2) is 0 Å². The van der Waals surface area contributed by atoms with E-state index >= 15 is 0 Å². The van der Waals surface area contributed by atoms with Crippen LogP contribution in [0.4, 0.5) is 0 Å². The first-order valence-electron chi connectivity index (χ1n) is 5.91. The number of aliphatic hydroxyl groups excluding tert-OH is 1. The number of hydrogen-bond acceptors (Lipinski definition) is 2. The number of rotatable bonds is 6. The van der Waals surface area contributed by atoms with Crippen molar-refractivity contribution in [2.75, 3.05) is 6.61 Å². The summed E-state index contributed by atoms with van der Waals surface area (Å²) in [6, 6.07) is 9.98. The quantitative estimate of drug-likeness (QED) is 0.763. The van der Waals surface area contributed by atoms with Crippen molar-refractivity contribution in [1.29, 1.82) is 0 Å². The second-order valence-corrected chi connectivity index (χ2v) is 4.42. The Bertz CT molecular complexity index is 353. The van der Waals surface area contributed by atoms with Gasteiger partial charge in [0.05, 0.1) is 19.3 Å². The molecule has 0 amide bonds. The van der Waals surface area contributed by atoms with Crippen molar-refractivity contribution in [3.8, 4) is 12.3 Å². The number of terminal acetylenes is 1. The van der Waals surface area contributed by atoms with E-state index in [1.807, 2.05) is 44.2 Å². The van der Waals surface area contributed by atoms with Crippen molar-refractivity contribution in [3.63, 3.8) is 0 Å². The molecule has 2 nitrogen and oxygen atoms in total. The van der Waals surface area contributed by atoms with E-state index in [-0.39, 0.29) is 11.8 Å². The standard InChI is InChI=1S/C15H20O2/c1-4-12(2)15(16)13(3)10-17-11-14-8-6-5-7-9-14/h1,5-9,12-13,15-16H,10-11H2,2-3H3/t12-,13+,15-/m0/s1. The Kier molecular flexibility index (Phi) is 5.76. The van der Waals surface area contributed by atoms with Crippen LogP contribution in [0.15, 0.2) is 30.3 Å². The van der Waals surface area contributed by atoms with Gasteiger partial charge in [-0.2, -0.15) is 0 Å². The highest BCUT2D eigenvalue weighted by Gasteiger charge is 2.19. The van der Waals surface area contributed by atoms with E-state index in [1.54, 1.807) is 0 Å². The zero-order valence-electron chi connectivity index (χ0n) is 10.5. The first-order valence-corrected chi connectivity index (χ1v) is 5.91.